The van der Waals surface area contributed by atoms with Crippen LogP contribution in [-0.4, -0.2) is 29.5 Å². The predicted molar refractivity (Wildman–Crippen MR) is 71.9 cm³/mol. The Labute approximate surface area is 109 Å². The van der Waals surface area contributed by atoms with Gasteiger partial charge in [-0.05, 0) is 30.5 Å². The Morgan fingerprint density at radius 2 is 1.94 bits per heavy atom. The second-order valence-corrected chi connectivity index (χ2v) is 4.51. The number of aromatic hydroxyl groups is 1. The average Bonchev–Trinajstić information content (AvgIpc) is 2.41. The monoisotopic (exact) mass is 253 g/mol. The molecule has 0 aliphatic carbocycles. The van der Waals surface area contributed by atoms with Crippen molar-refractivity contribution in [3.63, 3.8) is 0 Å². The van der Waals surface area contributed by atoms with E-state index in [4.69, 9.17) is 4.74 Å². The van der Waals surface area contributed by atoms with E-state index in [-0.39, 0.29) is 17.9 Å². The minimum absolute atomic E-state index is 0.113. The maximum Gasteiger partial charge on any atom is 0.160 e. The predicted octanol–water partition coefficient (Wildman–Crippen LogP) is 2.04. The molecular formula is C14H23NO3. The minimum Gasteiger partial charge on any atom is -0.504 e. The number of phenols is 1. The third kappa shape index (κ3) is 3.37. The summed E-state index contributed by atoms with van der Waals surface area (Å²) in [4.78, 5) is 0. The lowest BCUT2D eigenvalue weighted by molar-refractivity contribution is 0.149. The number of aliphatic hydroxyl groups is 1. The molecule has 4 heteroatoms. The summed E-state index contributed by atoms with van der Waals surface area (Å²) in [6, 6.07) is 5.32. The van der Waals surface area contributed by atoms with Crippen molar-refractivity contribution in [1.82, 2.24) is 5.32 Å². The highest BCUT2D eigenvalue weighted by Gasteiger charge is 2.24. The molecule has 0 heterocycles. The first-order chi connectivity index (χ1) is 8.60. The van der Waals surface area contributed by atoms with E-state index in [1.54, 1.807) is 12.1 Å². The highest BCUT2D eigenvalue weighted by Crippen LogP contribution is 2.26. The van der Waals surface area contributed by atoms with Crippen LogP contribution in [-0.2, 0) is 6.54 Å². The van der Waals surface area contributed by atoms with Gasteiger partial charge in [-0.25, -0.2) is 0 Å². The molecule has 0 saturated heterocycles. The van der Waals surface area contributed by atoms with E-state index in [0.717, 1.165) is 18.4 Å². The summed E-state index contributed by atoms with van der Waals surface area (Å²) < 4.78 is 5.00. The van der Waals surface area contributed by atoms with E-state index >= 15 is 0 Å². The van der Waals surface area contributed by atoms with Gasteiger partial charge in [0.1, 0.15) is 0 Å². The van der Waals surface area contributed by atoms with Gasteiger partial charge < -0.3 is 20.3 Å². The van der Waals surface area contributed by atoms with Gasteiger partial charge in [0.05, 0.1) is 13.7 Å². The quantitative estimate of drug-likeness (QED) is 0.696. The molecule has 0 radical (unpaired) electrons. The Kier molecular flexibility index (Phi) is 5.44. The van der Waals surface area contributed by atoms with Crippen molar-refractivity contribution in [2.75, 3.05) is 13.7 Å². The Bertz CT molecular complexity index is 367. The van der Waals surface area contributed by atoms with Crippen LogP contribution < -0.4 is 10.1 Å². The highest BCUT2D eigenvalue weighted by molar-refractivity contribution is 5.41. The molecular weight excluding hydrogens is 230 g/mol. The van der Waals surface area contributed by atoms with Gasteiger partial charge in [0.2, 0.25) is 0 Å². The van der Waals surface area contributed by atoms with Gasteiger partial charge in [0, 0.05) is 12.1 Å². The molecule has 18 heavy (non-hydrogen) atoms. The van der Waals surface area contributed by atoms with Crippen LogP contribution in [0.1, 0.15) is 32.3 Å². The van der Waals surface area contributed by atoms with Crippen LogP contribution in [0.5, 0.6) is 11.5 Å². The summed E-state index contributed by atoms with van der Waals surface area (Å²) in [5.41, 5.74) is 0.725. The zero-order chi connectivity index (χ0) is 13.6. The number of nitrogens with one attached hydrogen (secondary N) is 1. The van der Waals surface area contributed by atoms with E-state index < -0.39 is 0 Å². The van der Waals surface area contributed by atoms with Crippen molar-refractivity contribution in [1.29, 1.82) is 0 Å². The zero-order valence-corrected chi connectivity index (χ0v) is 11.4. The van der Waals surface area contributed by atoms with Crippen LogP contribution in [0.25, 0.3) is 0 Å². The fourth-order valence-corrected chi connectivity index (χ4v) is 1.91. The maximum absolute atomic E-state index is 9.69. The lowest BCUT2D eigenvalue weighted by atomic mass is 9.93. The number of benzene rings is 1. The number of phenolic OH excluding ortho intramolecular Hbond substituents is 1. The van der Waals surface area contributed by atoms with Crippen molar-refractivity contribution < 1.29 is 14.9 Å². The van der Waals surface area contributed by atoms with E-state index in [9.17, 15) is 10.2 Å². The normalized spacial score (nSPS) is 11.6. The van der Waals surface area contributed by atoms with Crippen molar-refractivity contribution >= 4 is 0 Å². The van der Waals surface area contributed by atoms with Crippen LogP contribution >= 0.6 is 0 Å². The van der Waals surface area contributed by atoms with Gasteiger partial charge in [-0.1, -0.05) is 19.9 Å². The van der Waals surface area contributed by atoms with Gasteiger partial charge in [-0.2, -0.15) is 0 Å². The Morgan fingerprint density at radius 1 is 1.28 bits per heavy atom. The van der Waals surface area contributed by atoms with Crippen LogP contribution in [0, 0.1) is 0 Å². The summed E-state index contributed by atoms with van der Waals surface area (Å²) in [6.45, 7) is 4.83. The largest absolute Gasteiger partial charge is 0.504 e. The average molecular weight is 253 g/mol. The topological polar surface area (TPSA) is 61.7 Å². The fraction of sp³-hybridized carbons (Fsp3) is 0.571. The molecule has 0 atom stereocenters. The molecule has 3 N–H and O–H groups in total. The molecule has 0 unspecified atom stereocenters. The molecule has 0 saturated carbocycles. The molecule has 0 amide bonds. The molecule has 1 aromatic rings. The summed E-state index contributed by atoms with van der Waals surface area (Å²) >= 11 is 0. The first-order valence-electron chi connectivity index (χ1n) is 6.32. The lowest BCUT2D eigenvalue weighted by Crippen LogP contribution is -2.47. The highest BCUT2D eigenvalue weighted by atomic mass is 16.5. The summed E-state index contributed by atoms with van der Waals surface area (Å²) in [7, 11) is 1.53. The van der Waals surface area contributed by atoms with Gasteiger partial charge in [0.15, 0.2) is 11.5 Å². The molecule has 0 aliphatic heterocycles. The van der Waals surface area contributed by atoms with Gasteiger partial charge in [-0.3, -0.25) is 0 Å². The van der Waals surface area contributed by atoms with Gasteiger partial charge in [-0.15, -0.1) is 0 Å². The number of rotatable bonds is 7. The van der Waals surface area contributed by atoms with Crippen LogP contribution in [0.4, 0.5) is 0 Å². The summed E-state index contributed by atoms with van der Waals surface area (Å²) in [5.74, 6) is 0.609. The number of hydrogen-bond donors (Lipinski definition) is 3. The molecule has 102 valence electrons. The minimum atomic E-state index is -0.241. The third-order valence-electron chi connectivity index (χ3n) is 3.57. The zero-order valence-electron chi connectivity index (χ0n) is 11.4. The van der Waals surface area contributed by atoms with Crippen molar-refractivity contribution in [3.8, 4) is 11.5 Å². The molecule has 0 spiro atoms. The van der Waals surface area contributed by atoms with E-state index in [1.807, 2.05) is 6.07 Å². The molecule has 0 fully saturated rings. The SMILES string of the molecule is CCC(CC)(CO)NCc1ccc(OC)c(O)c1. The smallest absolute Gasteiger partial charge is 0.160 e. The van der Waals surface area contributed by atoms with Crippen LogP contribution in [0.2, 0.25) is 0 Å². The van der Waals surface area contributed by atoms with Crippen molar-refractivity contribution in [2.24, 2.45) is 0 Å². The first kappa shape index (κ1) is 14.8. The number of hydrogen-bond acceptors (Lipinski definition) is 4. The molecule has 0 bridgehead atoms. The van der Waals surface area contributed by atoms with E-state index in [2.05, 4.69) is 19.2 Å². The Balaban J connectivity index is 2.71. The number of methoxy groups -OCH3 is 1. The second-order valence-electron chi connectivity index (χ2n) is 4.51. The van der Waals surface area contributed by atoms with E-state index in [0.29, 0.717) is 12.3 Å². The number of ether oxygens (including phenoxy) is 1. The summed E-state index contributed by atoms with van der Waals surface area (Å²) in [5, 5.41) is 22.5. The van der Waals surface area contributed by atoms with Gasteiger partial charge in [0.25, 0.3) is 0 Å². The fourth-order valence-electron chi connectivity index (χ4n) is 1.91. The molecule has 0 aromatic heterocycles. The van der Waals surface area contributed by atoms with Crippen LogP contribution in [0.3, 0.4) is 0 Å². The molecule has 1 aromatic carbocycles. The van der Waals surface area contributed by atoms with Crippen molar-refractivity contribution in [2.45, 2.75) is 38.8 Å². The number of aliphatic hydroxyl groups excluding tert-OH is 1. The maximum atomic E-state index is 9.69. The molecule has 4 nitrogen and oxygen atoms in total. The van der Waals surface area contributed by atoms with E-state index in [1.165, 1.54) is 7.11 Å². The van der Waals surface area contributed by atoms with Gasteiger partial charge >= 0.3 is 0 Å². The molecule has 1 rings (SSSR count). The second kappa shape index (κ2) is 6.61. The Morgan fingerprint density at radius 3 is 2.39 bits per heavy atom. The first-order valence-corrected chi connectivity index (χ1v) is 6.32. The third-order valence-corrected chi connectivity index (χ3v) is 3.57. The molecule has 0 aliphatic rings. The standard InChI is InChI=1S/C14H23NO3/c1-4-14(5-2,10-16)15-9-11-6-7-13(18-3)12(17)8-11/h6-8,15-17H,4-5,9-10H2,1-3H3. The Hall–Kier alpha value is -1.26. The van der Waals surface area contributed by atoms with Crippen molar-refractivity contribution in [3.05, 3.63) is 23.8 Å². The summed E-state index contributed by atoms with van der Waals surface area (Å²) in [6.07, 6.45) is 1.73. The van der Waals surface area contributed by atoms with Crippen LogP contribution in [0.15, 0.2) is 18.2 Å². The lowest BCUT2D eigenvalue weighted by Gasteiger charge is -2.31.